The van der Waals surface area contributed by atoms with Gasteiger partial charge in [-0.2, -0.15) is 4.31 Å². The molecule has 0 spiro atoms. The summed E-state index contributed by atoms with van der Waals surface area (Å²) in [6.45, 7) is 1.69. The Morgan fingerprint density at radius 2 is 2.05 bits per heavy atom. The maximum absolute atomic E-state index is 12.4. The second-order valence-electron chi connectivity index (χ2n) is 4.00. The molecule has 1 aromatic rings. The lowest BCUT2D eigenvalue weighted by Gasteiger charge is -2.20. The molecule has 0 aliphatic carbocycles. The molecule has 20 heavy (non-hydrogen) atoms. The molecule has 0 atom stereocenters. The van der Waals surface area contributed by atoms with Crippen LogP contribution in [0.4, 0.5) is 0 Å². The van der Waals surface area contributed by atoms with Gasteiger partial charge < -0.3 is 10.2 Å². The summed E-state index contributed by atoms with van der Waals surface area (Å²) < 4.78 is 26.0. The predicted octanol–water partition coefficient (Wildman–Crippen LogP) is -0.182. The van der Waals surface area contributed by atoms with Gasteiger partial charge in [0.25, 0.3) is 0 Å². The maximum atomic E-state index is 12.4. The smallest absolute Gasteiger partial charge is 0.244 e. The van der Waals surface area contributed by atoms with Crippen molar-refractivity contribution in [3.8, 4) is 11.8 Å². The molecule has 2 N–H and O–H groups in total. The summed E-state index contributed by atoms with van der Waals surface area (Å²) in [5.41, 5.74) is 0.417. The fourth-order valence-corrected chi connectivity index (χ4v) is 3.15. The van der Waals surface area contributed by atoms with Crippen LogP contribution in [0.5, 0.6) is 0 Å². The highest BCUT2D eigenvalue weighted by Crippen LogP contribution is 2.15. The van der Waals surface area contributed by atoms with Crippen LogP contribution < -0.4 is 0 Å². The van der Waals surface area contributed by atoms with E-state index in [4.69, 9.17) is 10.2 Å². The third kappa shape index (κ3) is 4.28. The molecule has 0 saturated carbocycles. The number of rotatable bonds is 6. The van der Waals surface area contributed by atoms with Crippen LogP contribution in [-0.2, 0) is 10.0 Å². The van der Waals surface area contributed by atoms with Crippen molar-refractivity contribution in [3.05, 3.63) is 24.0 Å². The van der Waals surface area contributed by atoms with E-state index in [1.807, 2.05) is 6.92 Å². The summed E-state index contributed by atoms with van der Waals surface area (Å²) in [6.07, 6.45) is 3.33. The lowest BCUT2D eigenvalue weighted by molar-refractivity contribution is 0.253. The number of aliphatic hydroxyl groups excluding tert-OH is 2. The molecule has 0 fully saturated rings. The number of aliphatic hydroxyl groups is 2. The van der Waals surface area contributed by atoms with Crippen molar-refractivity contribution in [2.45, 2.75) is 18.2 Å². The van der Waals surface area contributed by atoms with Gasteiger partial charge in [-0.05, 0) is 12.5 Å². The number of aromatic nitrogens is 1. The van der Waals surface area contributed by atoms with E-state index in [0.717, 1.165) is 0 Å². The van der Waals surface area contributed by atoms with Crippen molar-refractivity contribution in [2.75, 3.05) is 26.3 Å². The fraction of sp³-hybridized carbons (Fsp3) is 0.462. The van der Waals surface area contributed by atoms with Gasteiger partial charge in [0.05, 0.1) is 6.61 Å². The first-order valence-corrected chi connectivity index (χ1v) is 7.66. The van der Waals surface area contributed by atoms with Gasteiger partial charge in [0, 0.05) is 31.0 Å². The highest BCUT2D eigenvalue weighted by atomic mass is 32.2. The van der Waals surface area contributed by atoms with Gasteiger partial charge in [-0.25, -0.2) is 8.42 Å². The van der Waals surface area contributed by atoms with Crippen LogP contribution in [0, 0.1) is 11.8 Å². The Balaban J connectivity index is 3.13. The summed E-state index contributed by atoms with van der Waals surface area (Å²) in [6, 6.07) is 1.41. The normalized spacial score (nSPS) is 11.2. The minimum Gasteiger partial charge on any atom is -0.395 e. The zero-order valence-electron chi connectivity index (χ0n) is 11.3. The molecular weight excluding hydrogens is 280 g/mol. The molecule has 6 nitrogen and oxygen atoms in total. The van der Waals surface area contributed by atoms with Gasteiger partial charge >= 0.3 is 0 Å². The molecule has 1 rings (SSSR count). The Bertz CT molecular complexity index is 584. The lowest BCUT2D eigenvalue weighted by Crippen LogP contribution is -2.34. The molecular formula is C13H18N2O4S. The minimum absolute atomic E-state index is 0.0316. The van der Waals surface area contributed by atoms with E-state index in [1.165, 1.54) is 22.8 Å². The van der Waals surface area contributed by atoms with Gasteiger partial charge in [0.15, 0.2) is 0 Å². The summed E-state index contributed by atoms with van der Waals surface area (Å²) >= 11 is 0. The predicted molar refractivity (Wildman–Crippen MR) is 74.3 cm³/mol. The van der Waals surface area contributed by atoms with Crippen molar-refractivity contribution in [1.82, 2.24) is 9.29 Å². The number of pyridine rings is 1. The van der Waals surface area contributed by atoms with E-state index in [0.29, 0.717) is 18.5 Å². The van der Waals surface area contributed by atoms with Crippen molar-refractivity contribution in [2.24, 2.45) is 0 Å². The topological polar surface area (TPSA) is 90.7 Å². The van der Waals surface area contributed by atoms with Crippen LogP contribution in [0.1, 0.15) is 18.9 Å². The Hall–Kier alpha value is -1.46. The van der Waals surface area contributed by atoms with Crippen LogP contribution in [0.2, 0.25) is 0 Å². The average molecular weight is 298 g/mol. The SMILES string of the molecule is CCCN(CCO)S(=O)(=O)c1cncc(C#CCO)c1. The van der Waals surface area contributed by atoms with E-state index >= 15 is 0 Å². The van der Waals surface area contributed by atoms with E-state index < -0.39 is 10.0 Å². The third-order valence-electron chi connectivity index (χ3n) is 2.49. The van der Waals surface area contributed by atoms with E-state index in [9.17, 15) is 8.42 Å². The van der Waals surface area contributed by atoms with Gasteiger partial charge in [-0.3, -0.25) is 4.98 Å². The number of nitrogens with zero attached hydrogens (tertiary/aromatic N) is 2. The van der Waals surface area contributed by atoms with Gasteiger partial charge in [-0.1, -0.05) is 18.8 Å². The summed E-state index contributed by atoms with van der Waals surface area (Å²) in [4.78, 5) is 3.89. The summed E-state index contributed by atoms with van der Waals surface area (Å²) in [5.74, 6) is 5.05. The Labute approximate surface area is 119 Å². The molecule has 0 saturated heterocycles. The number of hydrogen-bond donors (Lipinski definition) is 2. The molecule has 1 aromatic heterocycles. The Kier molecular flexibility index (Phi) is 6.61. The summed E-state index contributed by atoms with van der Waals surface area (Å²) in [7, 11) is -3.69. The van der Waals surface area contributed by atoms with Crippen molar-refractivity contribution in [3.63, 3.8) is 0 Å². The number of sulfonamides is 1. The molecule has 7 heteroatoms. The molecule has 0 aliphatic heterocycles. The standard InChI is InChI=1S/C13H18N2O4S/c1-2-5-15(6-8-17)20(18,19)13-9-12(4-3-7-16)10-14-11-13/h9-11,16-17H,2,5-8H2,1H3. The molecule has 0 unspecified atom stereocenters. The van der Waals surface area contributed by atoms with Crippen LogP contribution in [0.3, 0.4) is 0 Å². The Morgan fingerprint density at radius 1 is 1.30 bits per heavy atom. The molecule has 110 valence electrons. The van der Waals surface area contributed by atoms with Crippen molar-refractivity contribution >= 4 is 10.0 Å². The van der Waals surface area contributed by atoms with Crippen LogP contribution in [0.25, 0.3) is 0 Å². The van der Waals surface area contributed by atoms with Crippen molar-refractivity contribution < 1.29 is 18.6 Å². The van der Waals surface area contributed by atoms with Gasteiger partial charge in [0.2, 0.25) is 10.0 Å². The quantitative estimate of drug-likeness (QED) is 0.711. The van der Waals surface area contributed by atoms with Crippen LogP contribution in [-0.4, -0.2) is 54.2 Å². The zero-order chi connectivity index (χ0) is 15.0. The highest BCUT2D eigenvalue weighted by molar-refractivity contribution is 7.89. The lowest BCUT2D eigenvalue weighted by atomic mass is 10.3. The van der Waals surface area contributed by atoms with E-state index in [2.05, 4.69) is 16.8 Å². The largest absolute Gasteiger partial charge is 0.395 e. The Morgan fingerprint density at radius 3 is 2.65 bits per heavy atom. The van der Waals surface area contributed by atoms with E-state index in [-0.39, 0.29) is 24.7 Å². The number of hydrogen-bond acceptors (Lipinski definition) is 5. The third-order valence-corrected chi connectivity index (χ3v) is 4.35. The highest BCUT2D eigenvalue weighted by Gasteiger charge is 2.23. The first-order valence-electron chi connectivity index (χ1n) is 6.22. The molecule has 0 aromatic carbocycles. The van der Waals surface area contributed by atoms with Crippen LogP contribution in [0.15, 0.2) is 23.4 Å². The van der Waals surface area contributed by atoms with Gasteiger partial charge in [0.1, 0.15) is 11.5 Å². The maximum Gasteiger partial charge on any atom is 0.244 e. The summed E-state index contributed by atoms with van der Waals surface area (Å²) in [5, 5.41) is 17.6. The first kappa shape index (κ1) is 16.6. The fourth-order valence-electron chi connectivity index (χ4n) is 1.63. The monoisotopic (exact) mass is 298 g/mol. The minimum atomic E-state index is -3.69. The molecule has 0 radical (unpaired) electrons. The first-order chi connectivity index (χ1) is 9.56. The van der Waals surface area contributed by atoms with Gasteiger partial charge in [-0.15, -0.1) is 0 Å². The molecule has 0 aliphatic rings. The average Bonchev–Trinajstić information content (AvgIpc) is 2.45. The van der Waals surface area contributed by atoms with Crippen molar-refractivity contribution in [1.29, 1.82) is 0 Å². The van der Waals surface area contributed by atoms with Crippen LogP contribution >= 0.6 is 0 Å². The second-order valence-corrected chi connectivity index (χ2v) is 5.93. The zero-order valence-corrected chi connectivity index (χ0v) is 12.1. The molecule has 1 heterocycles. The van der Waals surface area contributed by atoms with E-state index in [1.54, 1.807) is 0 Å². The molecule has 0 amide bonds. The second kappa shape index (κ2) is 7.97. The molecule has 0 bridgehead atoms.